The number of hydrogen-bond donors (Lipinski definition) is 2. The van der Waals surface area contributed by atoms with E-state index >= 15 is 0 Å². The van der Waals surface area contributed by atoms with Crippen molar-refractivity contribution in [1.29, 1.82) is 0 Å². The predicted molar refractivity (Wildman–Crippen MR) is 74.0 cm³/mol. The highest BCUT2D eigenvalue weighted by atomic mass is 19.1. The molecule has 0 aliphatic heterocycles. The number of benzene rings is 1. The first-order chi connectivity index (χ1) is 9.81. The molecule has 0 aliphatic carbocycles. The molecule has 0 saturated carbocycles. The Hall–Kier alpha value is -2.09. The summed E-state index contributed by atoms with van der Waals surface area (Å²) in [7, 11) is 0. The maximum Gasteiger partial charge on any atom is 0.298 e. The van der Waals surface area contributed by atoms with E-state index in [0.717, 1.165) is 0 Å². The molecule has 1 aromatic rings. The summed E-state index contributed by atoms with van der Waals surface area (Å²) in [4.78, 5) is 21.5. The highest BCUT2D eigenvalue weighted by Crippen LogP contribution is 2.28. The number of carbonyl (C=O) groups is 1. The second kappa shape index (κ2) is 7.63. The lowest BCUT2D eigenvalue weighted by atomic mass is 10.2. The van der Waals surface area contributed by atoms with Crippen LogP contribution >= 0.6 is 0 Å². The predicted octanol–water partition coefficient (Wildman–Crippen LogP) is 2.59. The van der Waals surface area contributed by atoms with Crippen LogP contribution in [-0.2, 0) is 4.79 Å². The van der Waals surface area contributed by atoms with Crippen LogP contribution < -0.4 is 10.6 Å². The molecule has 0 spiro atoms. The monoisotopic (exact) mass is 301 g/mol. The molecule has 116 valence electrons. The Labute approximate surface area is 120 Å². The van der Waals surface area contributed by atoms with E-state index in [1.165, 1.54) is 0 Å². The molecule has 1 amide bonds. The van der Waals surface area contributed by atoms with E-state index in [1.54, 1.807) is 0 Å². The van der Waals surface area contributed by atoms with Crippen molar-refractivity contribution in [3.05, 3.63) is 33.9 Å². The molecule has 0 heterocycles. The molecule has 2 N–H and O–H groups in total. The minimum atomic E-state index is -1.17. The average molecular weight is 301 g/mol. The second-order valence-electron chi connectivity index (χ2n) is 4.80. The number of nitrogens with zero attached hydrogens (tertiary/aromatic N) is 1. The number of nitro benzene ring substituents is 1. The Morgan fingerprint density at radius 3 is 2.62 bits per heavy atom. The molecule has 0 aromatic heterocycles. The zero-order chi connectivity index (χ0) is 16.0. The van der Waals surface area contributed by atoms with Gasteiger partial charge in [0.25, 0.3) is 5.69 Å². The molecule has 0 fully saturated rings. The van der Waals surface area contributed by atoms with Crippen molar-refractivity contribution in [3.8, 4) is 0 Å². The molecule has 1 aromatic carbocycles. The molecule has 21 heavy (non-hydrogen) atoms. The fraction of sp³-hybridized carbons (Fsp3) is 0.462. The van der Waals surface area contributed by atoms with Crippen molar-refractivity contribution in [3.63, 3.8) is 0 Å². The van der Waals surface area contributed by atoms with Gasteiger partial charge < -0.3 is 10.6 Å². The maximum absolute atomic E-state index is 13.6. The van der Waals surface area contributed by atoms with E-state index in [-0.39, 0.29) is 12.5 Å². The first-order valence-corrected chi connectivity index (χ1v) is 6.48. The molecule has 8 heteroatoms. The van der Waals surface area contributed by atoms with Gasteiger partial charge in [0.1, 0.15) is 5.82 Å². The van der Waals surface area contributed by atoms with Crippen molar-refractivity contribution < 1.29 is 18.5 Å². The van der Waals surface area contributed by atoms with Gasteiger partial charge >= 0.3 is 0 Å². The lowest BCUT2D eigenvalue weighted by Crippen LogP contribution is -2.25. The van der Waals surface area contributed by atoms with Crippen LogP contribution in [0.25, 0.3) is 0 Å². The van der Waals surface area contributed by atoms with Gasteiger partial charge in [0.15, 0.2) is 11.5 Å². The van der Waals surface area contributed by atoms with Crippen molar-refractivity contribution in [2.45, 2.75) is 32.7 Å². The Bertz CT molecular complexity index is 536. The largest absolute Gasteiger partial charge is 0.318 e. The minimum absolute atomic E-state index is 0.0771. The smallest absolute Gasteiger partial charge is 0.298 e. The van der Waals surface area contributed by atoms with Crippen LogP contribution in [0.15, 0.2) is 12.1 Å². The molecule has 6 nitrogen and oxygen atoms in total. The highest BCUT2D eigenvalue weighted by molar-refractivity contribution is 5.93. The van der Waals surface area contributed by atoms with E-state index in [1.807, 2.05) is 13.8 Å². The van der Waals surface area contributed by atoms with Gasteiger partial charge in [-0.1, -0.05) is 13.8 Å². The van der Waals surface area contributed by atoms with Gasteiger partial charge in [0.2, 0.25) is 5.91 Å². The van der Waals surface area contributed by atoms with Crippen LogP contribution in [-0.4, -0.2) is 23.4 Å². The third-order valence-electron chi connectivity index (χ3n) is 2.63. The number of anilines is 1. The van der Waals surface area contributed by atoms with Gasteiger partial charge in [0, 0.05) is 18.5 Å². The minimum Gasteiger partial charge on any atom is -0.318 e. The van der Waals surface area contributed by atoms with Gasteiger partial charge in [-0.25, -0.2) is 8.78 Å². The van der Waals surface area contributed by atoms with Crippen LogP contribution in [0.2, 0.25) is 0 Å². The summed E-state index contributed by atoms with van der Waals surface area (Å²) in [6.07, 6.45) is 0.578. The molecule has 0 atom stereocenters. The summed E-state index contributed by atoms with van der Waals surface area (Å²) >= 11 is 0. The third-order valence-corrected chi connectivity index (χ3v) is 2.63. The normalized spacial score (nSPS) is 10.7. The summed E-state index contributed by atoms with van der Waals surface area (Å²) in [6, 6.07) is 1.34. The average Bonchev–Trinajstić information content (AvgIpc) is 2.37. The van der Waals surface area contributed by atoms with Crippen LogP contribution in [0, 0.1) is 21.7 Å². The molecule has 0 saturated heterocycles. The summed E-state index contributed by atoms with van der Waals surface area (Å²) < 4.78 is 26.5. The second-order valence-corrected chi connectivity index (χ2v) is 4.80. The Balaban J connectivity index is 2.70. The Kier molecular flexibility index (Phi) is 6.16. The molecule has 0 unspecified atom stereocenters. The zero-order valence-electron chi connectivity index (χ0n) is 11.8. The summed E-state index contributed by atoms with van der Waals surface area (Å²) in [6.45, 7) is 4.51. The number of amides is 1. The van der Waals surface area contributed by atoms with Gasteiger partial charge in [-0.15, -0.1) is 0 Å². The van der Waals surface area contributed by atoms with Crippen molar-refractivity contribution >= 4 is 17.3 Å². The molecular weight excluding hydrogens is 284 g/mol. The topological polar surface area (TPSA) is 84.3 Å². The summed E-state index contributed by atoms with van der Waals surface area (Å²) in [5.41, 5.74) is -1.41. The number of nitro groups is 1. The van der Waals surface area contributed by atoms with Gasteiger partial charge in [-0.3, -0.25) is 14.9 Å². The zero-order valence-corrected chi connectivity index (χ0v) is 11.8. The first-order valence-electron chi connectivity index (χ1n) is 6.48. The van der Waals surface area contributed by atoms with Gasteiger partial charge in [0.05, 0.1) is 11.0 Å². The fourth-order valence-electron chi connectivity index (χ4n) is 1.67. The molecule has 1 rings (SSSR count). The van der Waals surface area contributed by atoms with Gasteiger partial charge in [-0.05, 0) is 13.0 Å². The standard InChI is InChI=1S/C13H17F2N3O3/c1-8(2)16-5-3-4-12(19)17-13-10(15)6-9(14)7-11(13)18(20)21/h6-8,16H,3-5H2,1-2H3,(H,17,19). The Morgan fingerprint density at radius 1 is 1.38 bits per heavy atom. The number of halogens is 2. The van der Waals surface area contributed by atoms with Crippen LogP contribution in [0.1, 0.15) is 26.7 Å². The third kappa shape index (κ3) is 5.42. The van der Waals surface area contributed by atoms with Crippen molar-refractivity contribution in [1.82, 2.24) is 5.32 Å². The fourth-order valence-corrected chi connectivity index (χ4v) is 1.67. The SMILES string of the molecule is CC(C)NCCCC(=O)Nc1c(F)cc(F)cc1[N+](=O)[O-]. The highest BCUT2D eigenvalue weighted by Gasteiger charge is 2.22. The molecule has 0 bridgehead atoms. The summed E-state index contributed by atoms with van der Waals surface area (Å²) in [5.74, 6) is -2.80. The lowest BCUT2D eigenvalue weighted by Gasteiger charge is -2.09. The van der Waals surface area contributed by atoms with E-state index in [2.05, 4.69) is 10.6 Å². The number of hydrogen-bond acceptors (Lipinski definition) is 4. The van der Waals surface area contributed by atoms with Crippen LogP contribution in [0.3, 0.4) is 0 Å². The number of rotatable bonds is 7. The van der Waals surface area contributed by atoms with Crippen molar-refractivity contribution in [2.75, 3.05) is 11.9 Å². The summed E-state index contributed by atoms with van der Waals surface area (Å²) in [5, 5.41) is 16.0. The van der Waals surface area contributed by atoms with E-state index in [9.17, 15) is 23.7 Å². The first kappa shape index (κ1) is 17.0. The quantitative estimate of drug-likeness (QED) is 0.460. The maximum atomic E-state index is 13.6. The number of nitrogens with one attached hydrogen (secondary N) is 2. The van der Waals surface area contributed by atoms with Gasteiger partial charge in [-0.2, -0.15) is 0 Å². The van der Waals surface area contributed by atoms with Crippen LogP contribution in [0.5, 0.6) is 0 Å². The molecule has 0 radical (unpaired) electrons. The molecular formula is C13H17F2N3O3. The van der Waals surface area contributed by atoms with E-state index in [0.29, 0.717) is 25.1 Å². The van der Waals surface area contributed by atoms with Crippen molar-refractivity contribution in [2.24, 2.45) is 0 Å². The lowest BCUT2D eigenvalue weighted by molar-refractivity contribution is -0.384. The van der Waals surface area contributed by atoms with E-state index in [4.69, 9.17) is 0 Å². The number of carbonyl (C=O) groups excluding carboxylic acids is 1. The Morgan fingerprint density at radius 2 is 2.05 bits per heavy atom. The van der Waals surface area contributed by atoms with Crippen LogP contribution in [0.4, 0.5) is 20.2 Å². The molecule has 0 aliphatic rings. The van der Waals surface area contributed by atoms with E-state index < -0.39 is 33.8 Å².